The number of carbonyl (C=O) groups is 3. The Morgan fingerprint density at radius 2 is 1.65 bits per heavy atom. The molecule has 140 valence electrons. The molecule has 0 unspecified atom stereocenters. The quantitative estimate of drug-likeness (QED) is 0.589. The van der Waals surface area contributed by atoms with E-state index in [4.69, 9.17) is 39.5 Å². The minimum atomic E-state index is -1.78. The molecule has 0 aromatic heterocycles. The van der Waals surface area contributed by atoms with Crippen molar-refractivity contribution >= 4 is 52.5 Å². The predicted octanol–water partition coefficient (Wildman–Crippen LogP) is 1.43. The van der Waals surface area contributed by atoms with Gasteiger partial charge in [-0.2, -0.15) is 0 Å². The van der Waals surface area contributed by atoms with Crippen LogP contribution in [0, 0.1) is 0 Å². The zero-order chi connectivity index (χ0) is 18.9. The highest BCUT2D eigenvalue weighted by atomic mass is 35.6. The first kappa shape index (κ1) is 19.4. The van der Waals surface area contributed by atoms with E-state index >= 15 is 0 Å². The average Bonchev–Trinajstić information content (AvgIpc) is 2.85. The Morgan fingerprint density at radius 1 is 1.12 bits per heavy atom. The monoisotopic (exact) mass is 419 g/mol. The van der Waals surface area contributed by atoms with Crippen LogP contribution < -0.4 is 5.32 Å². The van der Waals surface area contributed by atoms with Gasteiger partial charge >= 0.3 is 0 Å². The maximum absolute atomic E-state index is 12.4. The second-order valence-corrected chi connectivity index (χ2v) is 8.27. The van der Waals surface area contributed by atoms with Gasteiger partial charge in [-0.3, -0.25) is 24.2 Å². The molecule has 1 aromatic carbocycles. The lowest BCUT2D eigenvalue weighted by atomic mass is 10.1. The number of alkyl halides is 3. The third-order valence-electron chi connectivity index (χ3n) is 4.20. The number of ether oxygens (including phenoxy) is 1. The number of halogens is 3. The van der Waals surface area contributed by atoms with Gasteiger partial charge in [0, 0.05) is 13.1 Å². The Morgan fingerprint density at radius 3 is 2.15 bits per heavy atom. The van der Waals surface area contributed by atoms with Crippen molar-refractivity contribution in [1.29, 1.82) is 0 Å². The van der Waals surface area contributed by atoms with Crippen LogP contribution in [0.15, 0.2) is 24.3 Å². The van der Waals surface area contributed by atoms with Crippen molar-refractivity contribution in [3.05, 3.63) is 35.4 Å². The van der Waals surface area contributed by atoms with Gasteiger partial charge in [0.25, 0.3) is 11.8 Å². The minimum Gasteiger partial charge on any atom is -0.379 e. The number of imide groups is 1. The van der Waals surface area contributed by atoms with Crippen molar-refractivity contribution in [2.24, 2.45) is 0 Å². The summed E-state index contributed by atoms with van der Waals surface area (Å²) in [6, 6.07) is 6.41. The Bertz CT molecular complexity index is 697. The number of fused-ring (bicyclic) bond motifs is 1. The Kier molecular flexibility index (Phi) is 5.74. The van der Waals surface area contributed by atoms with Crippen molar-refractivity contribution in [3.8, 4) is 0 Å². The number of nitrogens with one attached hydrogen (secondary N) is 1. The first-order valence-electron chi connectivity index (χ1n) is 7.92. The molecule has 0 radical (unpaired) electrons. The number of amides is 3. The zero-order valence-electron chi connectivity index (χ0n) is 13.6. The van der Waals surface area contributed by atoms with Gasteiger partial charge in [0.15, 0.2) is 0 Å². The molecule has 1 fully saturated rings. The van der Waals surface area contributed by atoms with Gasteiger partial charge in [-0.25, -0.2) is 0 Å². The largest absolute Gasteiger partial charge is 0.379 e. The van der Waals surface area contributed by atoms with Gasteiger partial charge in [0.1, 0.15) is 12.7 Å². The molecule has 2 aliphatic heterocycles. The molecule has 1 N–H and O–H groups in total. The summed E-state index contributed by atoms with van der Waals surface area (Å²) in [4.78, 5) is 39.8. The Hall–Kier alpha value is -1.38. The summed E-state index contributed by atoms with van der Waals surface area (Å²) in [6.07, 6.45) is -0.904. The number of carbonyl (C=O) groups excluding carboxylic acids is 3. The molecular weight excluding hydrogens is 405 g/mol. The van der Waals surface area contributed by atoms with Gasteiger partial charge in [-0.1, -0.05) is 46.9 Å². The first-order chi connectivity index (χ1) is 12.3. The Labute approximate surface area is 165 Å². The predicted molar refractivity (Wildman–Crippen MR) is 96.4 cm³/mol. The van der Waals surface area contributed by atoms with Gasteiger partial charge in [-0.15, -0.1) is 0 Å². The third-order valence-corrected chi connectivity index (χ3v) is 4.82. The second-order valence-electron chi connectivity index (χ2n) is 5.90. The molecule has 2 heterocycles. The standard InChI is InChI=1S/C16H16Cl3N3O4/c17-16(18,19)15(21-5-7-26-8-6-21)20-12(23)9-22-13(24)10-3-1-2-4-11(10)14(22)25/h1-4,15H,5-9H2,(H,20,23)/t15-/m0/s1. The summed E-state index contributed by atoms with van der Waals surface area (Å²) in [5.41, 5.74) is 0.549. The van der Waals surface area contributed by atoms with Crippen molar-refractivity contribution in [3.63, 3.8) is 0 Å². The number of rotatable bonds is 4. The summed E-state index contributed by atoms with van der Waals surface area (Å²) >= 11 is 18.0. The molecule has 3 amide bonds. The lowest BCUT2D eigenvalue weighted by Crippen LogP contribution is -2.59. The van der Waals surface area contributed by atoms with Crippen molar-refractivity contribution in [1.82, 2.24) is 15.1 Å². The number of hydrogen-bond acceptors (Lipinski definition) is 5. The number of hydrogen-bond donors (Lipinski definition) is 1. The maximum atomic E-state index is 12.4. The molecule has 1 aromatic rings. The smallest absolute Gasteiger partial charge is 0.262 e. The van der Waals surface area contributed by atoms with Crippen LogP contribution in [-0.4, -0.2) is 70.3 Å². The molecule has 0 saturated carbocycles. The van der Waals surface area contributed by atoms with Crippen LogP contribution in [0.3, 0.4) is 0 Å². The van der Waals surface area contributed by atoms with E-state index in [-0.39, 0.29) is 11.1 Å². The molecule has 1 atom stereocenters. The molecular formula is C16H16Cl3N3O4. The SMILES string of the molecule is O=C(CN1C(=O)c2ccccc2C1=O)N[C@@H](N1CCOCC1)C(Cl)(Cl)Cl. The highest BCUT2D eigenvalue weighted by Crippen LogP contribution is 2.32. The highest BCUT2D eigenvalue weighted by molar-refractivity contribution is 6.68. The van der Waals surface area contributed by atoms with E-state index in [0.29, 0.717) is 26.3 Å². The van der Waals surface area contributed by atoms with Crippen LogP contribution in [0.1, 0.15) is 20.7 Å². The van der Waals surface area contributed by atoms with Crippen LogP contribution >= 0.6 is 34.8 Å². The zero-order valence-corrected chi connectivity index (χ0v) is 15.9. The van der Waals surface area contributed by atoms with Crippen molar-refractivity contribution in [2.75, 3.05) is 32.8 Å². The van der Waals surface area contributed by atoms with Crippen molar-refractivity contribution < 1.29 is 19.1 Å². The van der Waals surface area contributed by atoms with E-state index in [2.05, 4.69) is 5.32 Å². The van der Waals surface area contributed by atoms with Crippen molar-refractivity contribution in [2.45, 2.75) is 9.96 Å². The van der Waals surface area contributed by atoms with Gasteiger partial charge < -0.3 is 10.1 Å². The number of benzene rings is 1. The molecule has 0 bridgehead atoms. The van der Waals surface area contributed by atoms with Crippen LogP contribution in [-0.2, 0) is 9.53 Å². The van der Waals surface area contributed by atoms with E-state index in [1.807, 2.05) is 0 Å². The molecule has 3 rings (SSSR count). The van der Waals surface area contributed by atoms with Crippen LogP contribution in [0.2, 0.25) is 0 Å². The number of morpholine rings is 1. The molecule has 1 saturated heterocycles. The fraction of sp³-hybridized carbons (Fsp3) is 0.438. The summed E-state index contributed by atoms with van der Waals surface area (Å²) in [6.45, 7) is 1.41. The highest BCUT2D eigenvalue weighted by Gasteiger charge is 2.41. The fourth-order valence-electron chi connectivity index (χ4n) is 2.94. The summed E-state index contributed by atoms with van der Waals surface area (Å²) < 4.78 is 3.48. The van der Waals surface area contributed by atoms with E-state index in [9.17, 15) is 14.4 Å². The van der Waals surface area contributed by atoms with Crippen LogP contribution in [0.25, 0.3) is 0 Å². The molecule has 26 heavy (non-hydrogen) atoms. The third kappa shape index (κ3) is 3.97. The van der Waals surface area contributed by atoms with E-state index in [0.717, 1.165) is 4.90 Å². The normalized spacial score (nSPS) is 19.4. The Balaban J connectivity index is 1.69. The lowest BCUT2D eigenvalue weighted by molar-refractivity contribution is -0.124. The minimum absolute atomic E-state index is 0.274. The lowest BCUT2D eigenvalue weighted by Gasteiger charge is -2.38. The molecule has 0 spiro atoms. The first-order valence-corrected chi connectivity index (χ1v) is 9.05. The average molecular weight is 421 g/mol. The second kappa shape index (κ2) is 7.70. The van der Waals surface area contributed by atoms with Crippen LogP contribution in [0.5, 0.6) is 0 Å². The van der Waals surface area contributed by atoms with Gasteiger partial charge in [0.05, 0.1) is 24.3 Å². The fourth-order valence-corrected chi connectivity index (χ4v) is 3.52. The topological polar surface area (TPSA) is 79.0 Å². The number of nitrogens with zero attached hydrogens (tertiary/aromatic N) is 2. The van der Waals surface area contributed by atoms with Crippen LogP contribution in [0.4, 0.5) is 0 Å². The van der Waals surface area contributed by atoms with E-state index in [1.165, 1.54) is 0 Å². The van der Waals surface area contributed by atoms with Gasteiger partial charge in [-0.05, 0) is 12.1 Å². The van der Waals surface area contributed by atoms with E-state index in [1.54, 1.807) is 29.2 Å². The maximum Gasteiger partial charge on any atom is 0.262 e. The van der Waals surface area contributed by atoms with E-state index < -0.39 is 34.2 Å². The van der Waals surface area contributed by atoms with Gasteiger partial charge in [0.2, 0.25) is 9.70 Å². The molecule has 10 heteroatoms. The molecule has 7 nitrogen and oxygen atoms in total. The summed E-state index contributed by atoms with van der Waals surface area (Å²) in [5, 5.41) is 2.61. The summed E-state index contributed by atoms with van der Waals surface area (Å²) in [7, 11) is 0. The molecule has 0 aliphatic carbocycles. The molecule has 2 aliphatic rings. The summed E-state index contributed by atoms with van der Waals surface area (Å²) in [5.74, 6) is -1.63.